The summed E-state index contributed by atoms with van der Waals surface area (Å²) in [4.78, 5) is 13.1. The molecule has 0 spiro atoms. The number of aryl methyl sites for hydroxylation is 1. The van der Waals surface area contributed by atoms with Gasteiger partial charge in [-0.1, -0.05) is 18.2 Å². The predicted octanol–water partition coefficient (Wildman–Crippen LogP) is 3.23. The second kappa shape index (κ2) is 7.50. The largest absolute Gasteiger partial charge is 0.382 e. The first kappa shape index (κ1) is 15.1. The summed E-state index contributed by atoms with van der Waals surface area (Å²) in [5, 5.41) is 7.33. The van der Waals surface area contributed by atoms with E-state index in [4.69, 9.17) is 0 Å². The quantitative estimate of drug-likeness (QED) is 0.639. The summed E-state index contributed by atoms with van der Waals surface area (Å²) in [6.45, 7) is 3.24. The van der Waals surface area contributed by atoms with E-state index in [1.165, 1.54) is 9.58 Å². The fourth-order valence-electron chi connectivity index (χ4n) is 1.68. The van der Waals surface area contributed by atoms with Gasteiger partial charge >= 0.3 is 0 Å². The van der Waals surface area contributed by atoms with E-state index in [1.807, 2.05) is 25.1 Å². The van der Waals surface area contributed by atoms with E-state index in [9.17, 15) is 4.79 Å². The van der Waals surface area contributed by atoms with Gasteiger partial charge in [0.2, 0.25) is 0 Å². The number of thioether (sulfide) groups is 1. The van der Waals surface area contributed by atoms with E-state index in [-0.39, 0.29) is 5.56 Å². The van der Waals surface area contributed by atoms with E-state index in [0.717, 1.165) is 18.0 Å². The second-order valence-corrected chi connectivity index (χ2v) is 6.04. The number of nitrogens with one attached hydrogen (secondary N) is 1. The molecule has 1 aromatic heterocycles. The molecule has 1 aromatic carbocycles. The van der Waals surface area contributed by atoms with Gasteiger partial charge in [-0.15, -0.1) is 11.8 Å². The molecule has 0 bridgehead atoms. The van der Waals surface area contributed by atoms with Gasteiger partial charge in [0, 0.05) is 23.7 Å². The average molecular weight is 354 g/mol. The molecule has 20 heavy (non-hydrogen) atoms. The van der Waals surface area contributed by atoms with Gasteiger partial charge in [0.15, 0.2) is 0 Å². The number of halogens is 1. The zero-order valence-electron chi connectivity index (χ0n) is 11.2. The minimum absolute atomic E-state index is 0.104. The van der Waals surface area contributed by atoms with E-state index in [2.05, 4.69) is 38.5 Å². The molecular formula is C14H16BrN3OS. The highest BCUT2D eigenvalue weighted by atomic mass is 79.9. The topological polar surface area (TPSA) is 46.9 Å². The highest BCUT2D eigenvalue weighted by molar-refractivity contribution is 9.10. The smallest absolute Gasteiger partial charge is 0.283 e. The molecule has 0 fully saturated rings. The molecule has 0 saturated carbocycles. The summed E-state index contributed by atoms with van der Waals surface area (Å²) >= 11 is 5.10. The van der Waals surface area contributed by atoms with Crippen LogP contribution in [0.25, 0.3) is 0 Å². The highest BCUT2D eigenvalue weighted by Gasteiger charge is 2.07. The van der Waals surface area contributed by atoms with Crippen molar-refractivity contribution in [2.45, 2.75) is 18.4 Å². The maximum Gasteiger partial charge on any atom is 0.283 e. The van der Waals surface area contributed by atoms with Crippen molar-refractivity contribution in [2.75, 3.05) is 17.6 Å². The van der Waals surface area contributed by atoms with E-state index in [0.29, 0.717) is 11.0 Å². The Morgan fingerprint density at radius 2 is 2.10 bits per heavy atom. The maximum atomic E-state index is 11.9. The zero-order chi connectivity index (χ0) is 14.4. The van der Waals surface area contributed by atoms with Gasteiger partial charge in [-0.25, -0.2) is 4.68 Å². The molecule has 1 heterocycles. The molecule has 0 saturated heterocycles. The maximum absolute atomic E-state index is 11.9. The van der Waals surface area contributed by atoms with E-state index in [1.54, 1.807) is 18.0 Å². The molecule has 0 aliphatic heterocycles. The Balaban J connectivity index is 1.89. The van der Waals surface area contributed by atoms with Crippen molar-refractivity contribution in [3.8, 4) is 0 Å². The van der Waals surface area contributed by atoms with Crippen molar-refractivity contribution in [1.29, 1.82) is 0 Å². The lowest BCUT2D eigenvalue weighted by Crippen LogP contribution is -2.23. The third kappa shape index (κ3) is 3.86. The monoisotopic (exact) mass is 353 g/mol. The molecule has 0 amide bonds. The normalized spacial score (nSPS) is 10.5. The minimum atomic E-state index is -0.104. The first-order chi connectivity index (χ1) is 9.72. The predicted molar refractivity (Wildman–Crippen MR) is 87.5 cm³/mol. The summed E-state index contributed by atoms with van der Waals surface area (Å²) < 4.78 is 1.97. The van der Waals surface area contributed by atoms with Crippen molar-refractivity contribution in [2.24, 2.45) is 0 Å². The van der Waals surface area contributed by atoms with Crippen LogP contribution in [0.3, 0.4) is 0 Å². The molecule has 6 heteroatoms. The van der Waals surface area contributed by atoms with Crippen LogP contribution in [-0.2, 0) is 6.54 Å². The molecule has 0 aliphatic rings. The molecular weight excluding hydrogens is 338 g/mol. The summed E-state index contributed by atoms with van der Waals surface area (Å²) in [5.41, 5.74) is 0.640. The van der Waals surface area contributed by atoms with Crippen LogP contribution < -0.4 is 10.9 Å². The van der Waals surface area contributed by atoms with Gasteiger partial charge in [0.05, 0.1) is 11.9 Å². The summed E-state index contributed by atoms with van der Waals surface area (Å²) in [6, 6.07) is 10.2. The standard InChI is InChI=1S/C14H16BrN3OS/c1-2-18-14(19)13(15)12(10-17-18)16-8-9-20-11-6-4-3-5-7-11/h3-7,10,16H,2,8-9H2,1H3. The van der Waals surface area contributed by atoms with Crippen LogP contribution in [-0.4, -0.2) is 22.1 Å². The Morgan fingerprint density at radius 1 is 1.35 bits per heavy atom. The van der Waals surface area contributed by atoms with Crippen LogP contribution in [0.1, 0.15) is 6.92 Å². The van der Waals surface area contributed by atoms with Gasteiger partial charge in [0.1, 0.15) is 4.47 Å². The first-order valence-corrected chi connectivity index (χ1v) is 8.17. The number of aromatic nitrogens is 2. The molecule has 106 valence electrons. The van der Waals surface area contributed by atoms with E-state index >= 15 is 0 Å². The number of rotatable bonds is 6. The molecule has 2 rings (SSSR count). The Labute approximate surface area is 130 Å². The van der Waals surface area contributed by atoms with Crippen molar-refractivity contribution >= 4 is 33.4 Å². The Hall–Kier alpha value is -1.27. The van der Waals surface area contributed by atoms with Crippen LogP contribution in [0.4, 0.5) is 5.69 Å². The van der Waals surface area contributed by atoms with Crippen molar-refractivity contribution in [3.05, 3.63) is 51.4 Å². The van der Waals surface area contributed by atoms with Crippen LogP contribution in [0.15, 0.2) is 50.7 Å². The SMILES string of the molecule is CCn1ncc(NCCSc2ccccc2)c(Br)c1=O. The molecule has 4 nitrogen and oxygen atoms in total. The van der Waals surface area contributed by atoms with Gasteiger partial charge in [-0.05, 0) is 35.0 Å². The Kier molecular flexibility index (Phi) is 5.67. The van der Waals surface area contributed by atoms with Crippen molar-refractivity contribution < 1.29 is 0 Å². The number of benzene rings is 1. The molecule has 0 radical (unpaired) electrons. The third-order valence-electron chi connectivity index (χ3n) is 2.71. The number of anilines is 1. The average Bonchev–Trinajstić information content (AvgIpc) is 2.49. The van der Waals surface area contributed by atoms with Gasteiger partial charge in [0.25, 0.3) is 5.56 Å². The number of hydrogen-bond acceptors (Lipinski definition) is 4. The molecule has 0 aliphatic carbocycles. The number of hydrogen-bond donors (Lipinski definition) is 1. The first-order valence-electron chi connectivity index (χ1n) is 6.39. The fourth-order valence-corrected chi connectivity index (χ4v) is 2.92. The van der Waals surface area contributed by atoms with Gasteiger partial charge < -0.3 is 5.32 Å². The van der Waals surface area contributed by atoms with Gasteiger partial charge in [-0.3, -0.25) is 4.79 Å². The lowest BCUT2D eigenvalue weighted by atomic mass is 10.4. The lowest BCUT2D eigenvalue weighted by Gasteiger charge is -2.09. The van der Waals surface area contributed by atoms with Crippen LogP contribution in [0, 0.1) is 0 Å². The molecule has 0 atom stereocenters. The Morgan fingerprint density at radius 3 is 2.80 bits per heavy atom. The summed E-state index contributed by atoms with van der Waals surface area (Å²) in [7, 11) is 0. The molecule has 0 unspecified atom stereocenters. The zero-order valence-corrected chi connectivity index (χ0v) is 13.6. The molecule has 2 aromatic rings. The van der Waals surface area contributed by atoms with Crippen molar-refractivity contribution in [1.82, 2.24) is 9.78 Å². The van der Waals surface area contributed by atoms with Gasteiger partial charge in [-0.2, -0.15) is 5.10 Å². The fraction of sp³-hybridized carbons (Fsp3) is 0.286. The Bertz CT molecular complexity index is 616. The minimum Gasteiger partial charge on any atom is -0.382 e. The second-order valence-electron chi connectivity index (χ2n) is 4.08. The highest BCUT2D eigenvalue weighted by Crippen LogP contribution is 2.18. The van der Waals surface area contributed by atoms with Crippen molar-refractivity contribution in [3.63, 3.8) is 0 Å². The third-order valence-corrected chi connectivity index (χ3v) is 4.49. The van der Waals surface area contributed by atoms with Crippen LogP contribution in [0.2, 0.25) is 0 Å². The summed E-state index contributed by atoms with van der Waals surface area (Å²) in [5.74, 6) is 0.924. The lowest BCUT2D eigenvalue weighted by molar-refractivity contribution is 0.613. The van der Waals surface area contributed by atoms with E-state index < -0.39 is 0 Å². The molecule has 1 N–H and O–H groups in total. The summed E-state index contributed by atoms with van der Waals surface area (Å²) in [6.07, 6.45) is 1.68. The van der Waals surface area contributed by atoms with Crippen LogP contribution >= 0.6 is 27.7 Å². The number of nitrogens with zero attached hydrogens (tertiary/aromatic N) is 2. The van der Waals surface area contributed by atoms with Crippen LogP contribution in [0.5, 0.6) is 0 Å².